The third-order valence-corrected chi connectivity index (χ3v) is 4.57. The van der Waals surface area contributed by atoms with Crippen molar-refractivity contribution in [2.75, 3.05) is 19.7 Å². The molecule has 3 aromatic rings. The first-order chi connectivity index (χ1) is 14.2. The van der Waals surface area contributed by atoms with Crippen LogP contribution in [0.2, 0.25) is 0 Å². The molecule has 0 aliphatic heterocycles. The Kier molecular flexibility index (Phi) is 7.10. The molecule has 0 radical (unpaired) electrons. The van der Waals surface area contributed by atoms with Crippen LogP contribution >= 0.6 is 0 Å². The standard InChI is InChI=1S/C21H30N6O2/c1-5-19-26-24-14-27(19)12-11-23-21(22-6-2)25-15(4)18-13-16-9-8-10-17(28-7-3)20(16)29-18/h8-10,13-15H,5-7,11-12H2,1-4H3,(H2,22,23,25). The number of benzene rings is 1. The SMILES string of the molecule is CCNC(=NCCn1cnnc1CC)NC(C)c1cc2cccc(OCC)c2o1. The van der Waals surface area contributed by atoms with Gasteiger partial charge in [0, 0.05) is 24.9 Å². The average molecular weight is 399 g/mol. The first kappa shape index (κ1) is 20.7. The molecule has 0 saturated heterocycles. The summed E-state index contributed by atoms with van der Waals surface area (Å²) in [4.78, 5) is 4.68. The van der Waals surface area contributed by atoms with Gasteiger partial charge in [0.15, 0.2) is 17.3 Å². The Hall–Kier alpha value is -3.03. The van der Waals surface area contributed by atoms with Gasteiger partial charge in [-0.1, -0.05) is 19.1 Å². The summed E-state index contributed by atoms with van der Waals surface area (Å²) in [6.45, 7) is 10.9. The van der Waals surface area contributed by atoms with E-state index in [2.05, 4.69) is 39.7 Å². The lowest BCUT2D eigenvalue weighted by Gasteiger charge is -2.16. The van der Waals surface area contributed by atoms with E-state index in [0.29, 0.717) is 13.2 Å². The lowest BCUT2D eigenvalue weighted by molar-refractivity contribution is 0.336. The van der Waals surface area contributed by atoms with Crippen LogP contribution < -0.4 is 15.4 Å². The zero-order valence-corrected chi connectivity index (χ0v) is 17.6. The second kappa shape index (κ2) is 9.95. The molecule has 0 spiro atoms. The third-order valence-electron chi connectivity index (χ3n) is 4.57. The number of aryl methyl sites for hydroxylation is 1. The van der Waals surface area contributed by atoms with E-state index in [1.807, 2.05) is 42.7 Å². The number of nitrogens with zero attached hydrogens (tertiary/aromatic N) is 4. The van der Waals surface area contributed by atoms with Crippen LogP contribution in [0.5, 0.6) is 5.75 Å². The molecule has 8 nitrogen and oxygen atoms in total. The predicted molar refractivity (Wildman–Crippen MR) is 114 cm³/mol. The van der Waals surface area contributed by atoms with Crippen LogP contribution in [0.3, 0.4) is 0 Å². The van der Waals surface area contributed by atoms with Crippen molar-refractivity contribution >= 4 is 16.9 Å². The first-order valence-electron chi connectivity index (χ1n) is 10.2. The van der Waals surface area contributed by atoms with Crippen molar-refractivity contribution in [3.8, 4) is 5.75 Å². The molecular formula is C21H30N6O2. The molecule has 3 rings (SSSR count). The van der Waals surface area contributed by atoms with Crippen molar-refractivity contribution in [2.45, 2.75) is 46.7 Å². The molecule has 29 heavy (non-hydrogen) atoms. The van der Waals surface area contributed by atoms with Gasteiger partial charge in [0.05, 0.1) is 19.2 Å². The van der Waals surface area contributed by atoms with Crippen molar-refractivity contribution in [2.24, 2.45) is 4.99 Å². The Morgan fingerprint density at radius 1 is 1.31 bits per heavy atom. The fourth-order valence-corrected chi connectivity index (χ4v) is 3.14. The number of rotatable bonds is 9. The maximum absolute atomic E-state index is 6.10. The molecule has 8 heteroatoms. The van der Waals surface area contributed by atoms with Crippen LogP contribution in [0.25, 0.3) is 11.0 Å². The molecular weight excluding hydrogens is 368 g/mol. The number of hydrogen-bond acceptors (Lipinski definition) is 5. The molecule has 156 valence electrons. The molecule has 1 aromatic carbocycles. The van der Waals surface area contributed by atoms with Crippen molar-refractivity contribution in [3.05, 3.63) is 42.2 Å². The smallest absolute Gasteiger partial charge is 0.191 e. The van der Waals surface area contributed by atoms with Gasteiger partial charge in [-0.3, -0.25) is 4.99 Å². The molecule has 1 atom stereocenters. The van der Waals surface area contributed by atoms with Crippen LogP contribution in [0, 0.1) is 0 Å². The summed E-state index contributed by atoms with van der Waals surface area (Å²) in [7, 11) is 0. The lowest BCUT2D eigenvalue weighted by atomic mass is 10.2. The fraction of sp³-hybridized carbons (Fsp3) is 0.476. The molecule has 0 amide bonds. The maximum Gasteiger partial charge on any atom is 0.191 e. The molecule has 0 bridgehead atoms. The summed E-state index contributed by atoms with van der Waals surface area (Å²) in [6.07, 6.45) is 2.61. The summed E-state index contributed by atoms with van der Waals surface area (Å²) in [5.74, 6) is 3.32. The number of ether oxygens (including phenoxy) is 1. The molecule has 2 aromatic heterocycles. The minimum atomic E-state index is -0.0456. The van der Waals surface area contributed by atoms with Gasteiger partial charge < -0.3 is 24.4 Å². The molecule has 0 fully saturated rings. The number of guanidine groups is 1. The minimum absolute atomic E-state index is 0.0456. The topological polar surface area (TPSA) is 89.5 Å². The zero-order chi connectivity index (χ0) is 20.6. The highest BCUT2D eigenvalue weighted by atomic mass is 16.5. The maximum atomic E-state index is 6.10. The number of furan rings is 1. The Balaban J connectivity index is 1.69. The van der Waals surface area contributed by atoms with Crippen LogP contribution in [-0.2, 0) is 13.0 Å². The fourth-order valence-electron chi connectivity index (χ4n) is 3.14. The Bertz CT molecular complexity index is 946. The summed E-state index contributed by atoms with van der Waals surface area (Å²) in [5.41, 5.74) is 0.777. The quantitative estimate of drug-likeness (QED) is 0.425. The lowest BCUT2D eigenvalue weighted by Crippen LogP contribution is -2.38. The number of hydrogen-bond donors (Lipinski definition) is 2. The van der Waals surface area contributed by atoms with Gasteiger partial charge in [-0.05, 0) is 32.9 Å². The van der Waals surface area contributed by atoms with E-state index >= 15 is 0 Å². The molecule has 0 aliphatic rings. The van der Waals surface area contributed by atoms with Gasteiger partial charge in [0.25, 0.3) is 0 Å². The van der Waals surface area contributed by atoms with Crippen molar-refractivity contribution in [1.82, 2.24) is 25.4 Å². The Morgan fingerprint density at radius 3 is 2.93 bits per heavy atom. The predicted octanol–water partition coefficient (Wildman–Crippen LogP) is 3.30. The van der Waals surface area contributed by atoms with Gasteiger partial charge in [-0.25, -0.2) is 0 Å². The van der Waals surface area contributed by atoms with E-state index in [1.165, 1.54) is 0 Å². The van der Waals surface area contributed by atoms with Gasteiger partial charge >= 0.3 is 0 Å². The summed E-state index contributed by atoms with van der Waals surface area (Å²) in [6, 6.07) is 7.94. The second-order valence-corrected chi connectivity index (χ2v) is 6.68. The van der Waals surface area contributed by atoms with Crippen molar-refractivity contribution in [3.63, 3.8) is 0 Å². The highest BCUT2D eigenvalue weighted by Crippen LogP contribution is 2.31. The molecule has 1 unspecified atom stereocenters. The Morgan fingerprint density at radius 2 is 2.17 bits per heavy atom. The number of fused-ring (bicyclic) bond motifs is 1. The van der Waals surface area contributed by atoms with Crippen LogP contribution in [0.15, 0.2) is 40.0 Å². The highest BCUT2D eigenvalue weighted by molar-refractivity contribution is 5.84. The van der Waals surface area contributed by atoms with E-state index < -0.39 is 0 Å². The molecule has 0 saturated carbocycles. The monoisotopic (exact) mass is 398 g/mol. The number of nitrogens with one attached hydrogen (secondary N) is 2. The molecule has 2 N–H and O–H groups in total. The highest BCUT2D eigenvalue weighted by Gasteiger charge is 2.15. The van der Waals surface area contributed by atoms with Gasteiger partial charge in [-0.15, -0.1) is 10.2 Å². The van der Waals surface area contributed by atoms with Crippen LogP contribution in [0.1, 0.15) is 45.3 Å². The normalized spacial score (nSPS) is 12.9. The van der Waals surface area contributed by atoms with E-state index in [1.54, 1.807) is 6.33 Å². The number of aromatic nitrogens is 3. The van der Waals surface area contributed by atoms with E-state index in [4.69, 9.17) is 9.15 Å². The molecule has 0 aliphatic carbocycles. The van der Waals surface area contributed by atoms with Crippen molar-refractivity contribution < 1.29 is 9.15 Å². The summed E-state index contributed by atoms with van der Waals surface area (Å²) >= 11 is 0. The van der Waals surface area contributed by atoms with Crippen molar-refractivity contribution in [1.29, 1.82) is 0 Å². The molecule has 2 heterocycles. The van der Waals surface area contributed by atoms with Crippen LogP contribution in [0.4, 0.5) is 0 Å². The van der Waals surface area contributed by atoms with Gasteiger partial charge in [0.2, 0.25) is 0 Å². The van der Waals surface area contributed by atoms with E-state index in [9.17, 15) is 0 Å². The summed E-state index contributed by atoms with van der Waals surface area (Å²) < 4.78 is 13.8. The third kappa shape index (κ3) is 5.07. The van der Waals surface area contributed by atoms with Gasteiger partial charge in [-0.2, -0.15) is 0 Å². The number of para-hydroxylation sites is 1. The minimum Gasteiger partial charge on any atom is -0.490 e. The zero-order valence-electron chi connectivity index (χ0n) is 17.6. The van der Waals surface area contributed by atoms with E-state index in [-0.39, 0.29) is 6.04 Å². The average Bonchev–Trinajstić information content (AvgIpc) is 3.35. The van der Waals surface area contributed by atoms with Gasteiger partial charge in [0.1, 0.15) is 17.9 Å². The number of aliphatic imine (C=N–C) groups is 1. The van der Waals surface area contributed by atoms with Crippen LogP contribution in [-0.4, -0.2) is 40.4 Å². The summed E-state index contributed by atoms with van der Waals surface area (Å²) in [5, 5.41) is 15.8. The second-order valence-electron chi connectivity index (χ2n) is 6.68. The largest absolute Gasteiger partial charge is 0.490 e. The van der Waals surface area contributed by atoms with E-state index in [0.717, 1.165) is 53.8 Å². The Labute approximate surface area is 171 Å². The first-order valence-corrected chi connectivity index (χ1v) is 10.2.